The summed E-state index contributed by atoms with van der Waals surface area (Å²) in [6.07, 6.45) is 0. The largest absolute Gasteiger partial charge is 0.311 e. The number of thiophene rings is 1. The van der Waals surface area contributed by atoms with Crippen LogP contribution in [0.5, 0.6) is 0 Å². The first-order chi connectivity index (χ1) is 8.94. The van der Waals surface area contributed by atoms with Crippen LogP contribution in [0.2, 0.25) is 0 Å². The van der Waals surface area contributed by atoms with Crippen LogP contribution in [0.15, 0.2) is 30.3 Å². The van der Waals surface area contributed by atoms with Crippen LogP contribution in [0.25, 0.3) is 10.1 Å². The smallest absolute Gasteiger partial charge is 0.0346 e. The Morgan fingerprint density at radius 3 is 2.63 bits per heavy atom. The van der Waals surface area contributed by atoms with E-state index in [1.807, 2.05) is 11.3 Å². The third-order valence-electron chi connectivity index (χ3n) is 3.04. The molecule has 0 aliphatic heterocycles. The van der Waals surface area contributed by atoms with Gasteiger partial charge in [0, 0.05) is 34.2 Å². The van der Waals surface area contributed by atoms with E-state index in [9.17, 15) is 0 Å². The van der Waals surface area contributed by atoms with E-state index in [0.717, 1.165) is 13.1 Å². The molecule has 1 aromatic carbocycles. The molecule has 0 radical (unpaired) electrons. The van der Waals surface area contributed by atoms with Crippen LogP contribution in [-0.4, -0.2) is 18.1 Å². The predicted molar refractivity (Wildman–Crippen MR) is 85.9 cm³/mol. The van der Waals surface area contributed by atoms with Gasteiger partial charge in [0.05, 0.1) is 0 Å². The molecule has 104 valence electrons. The van der Waals surface area contributed by atoms with E-state index >= 15 is 0 Å². The van der Waals surface area contributed by atoms with Gasteiger partial charge in [-0.2, -0.15) is 0 Å². The fourth-order valence-electron chi connectivity index (χ4n) is 1.93. The Bertz CT molecular complexity index is 492. The van der Waals surface area contributed by atoms with Gasteiger partial charge in [-0.25, -0.2) is 0 Å². The van der Waals surface area contributed by atoms with Crippen molar-refractivity contribution in [1.82, 2.24) is 10.6 Å². The molecule has 2 rings (SSSR count). The molecule has 1 atom stereocenters. The first-order valence-corrected chi connectivity index (χ1v) is 7.71. The van der Waals surface area contributed by atoms with Gasteiger partial charge in [-0.05, 0) is 45.2 Å². The summed E-state index contributed by atoms with van der Waals surface area (Å²) < 4.78 is 1.37. The van der Waals surface area contributed by atoms with Crippen LogP contribution in [0.3, 0.4) is 0 Å². The molecule has 2 nitrogen and oxygen atoms in total. The van der Waals surface area contributed by atoms with Gasteiger partial charge in [0.2, 0.25) is 0 Å². The number of rotatable bonds is 5. The summed E-state index contributed by atoms with van der Waals surface area (Å²) in [5.41, 5.74) is 0.188. The second-order valence-corrected chi connectivity index (χ2v) is 7.33. The van der Waals surface area contributed by atoms with E-state index < -0.39 is 0 Å². The third kappa shape index (κ3) is 4.60. The molecule has 1 aromatic heterocycles. The number of hydrogen-bond donors (Lipinski definition) is 2. The zero-order valence-electron chi connectivity index (χ0n) is 12.3. The lowest BCUT2D eigenvalue weighted by Gasteiger charge is -2.23. The van der Waals surface area contributed by atoms with Gasteiger partial charge >= 0.3 is 0 Å². The maximum atomic E-state index is 3.58. The normalized spacial score (nSPS) is 13.9. The van der Waals surface area contributed by atoms with Crippen molar-refractivity contribution < 1.29 is 0 Å². The molecule has 3 heteroatoms. The van der Waals surface area contributed by atoms with Gasteiger partial charge in [-0.15, -0.1) is 11.3 Å². The van der Waals surface area contributed by atoms with E-state index in [2.05, 4.69) is 68.7 Å². The number of benzene rings is 1. The number of nitrogens with one attached hydrogen (secondary N) is 2. The predicted octanol–water partition coefficient (Wildman–Crippen LogP) is 3.77. The molecule has 0 aliphatic carbocycles. The summed E-state index contributed by atoms with van der Waals surface area (Å²) in [6.45, 7) is 10.8. The van der Waals surface area contributed by atoms with Gasteiger partial charge in [0.1, 0.15) is 0 Å². The fourth-order valence-corrected chi connectivity index (χ4v) is 2.95. The van der Waals surface area contributed by atoms with E-state index in [1.54, 1.807) is 0 Å². The fraction of sp³-hybridized carbons (Fsp3) is 0.500. The van der Waals surface area contributed by atoms with E-state index in [1.165, 1.54) is 15.0 Å². The van der Waals surface area contributed by atoms with Crippen molar-refractivity contribution in [1.29, 1.82) is 0 Å². The molecule has 1 heterocycles. The van der Waals surface area contributed by atoms with Crippen LogP contribution < -0.4 is 10.6 Å². The maximum Gasteiger partial charge on any atom is 0.0346 e. The third-order valence-corrected chi connectivity index (χ3v) is 4.16. The first kappa shape index (κ1) is 14.5. The van der Waals surface area contributed by atoms with Crippen molar-refractivity contribution in [2.45, 2.75) is 45.8 Å². The highest BCUT2D eigenvalue weighted by atomic mass is 32.1. The van der Waals surface area contributed by atoms with Crippen LogP contribution in [-0.2, 0) is 6.54 Å². The minimum Gasteiger partial charge on any atom is -0.311 e. The summed E-state index contributed by atoms with van der Waals surface area (Å²) in [5, 5.41) is 8.46. The highest BCUT2D eigenvalue weighted by molar-refractivity contribution is 7.19. The molecule has 0 saturated carbocycles. The molecule has 0 amide bonds. The highest BCUT2D eigenvalue weighted by Gasteiger charge is 2.11. The minimum absolute atomic E-state index is 0.188. The molecule has 0 saturated heterocycles. The zero-order valence-corrected chi connectivity index (χ0v) is 13.1. The van der Waals surface area contributed by atoms with Gasteiger partial charge in [0.15, 0.2) is 0 Å². The van der Waals surface area contributed by atoms with Crippen LogP contribution in [0, 0.1) is 0 Å². The molecular formula is C16H24N2S. The second-order valence-electron chi connectivity index (χ2n) is 6.16. The molecule has 0 bridgehead atoms. The Hall–Kier alpha value is -0.900. The van der Waals surface area contributed by atoms with Crippen LogP contribution >= 0.6 is 11.3 Å². The van der Waals surface area contributed by atoms with Crippen molar-refractivity contribution in [3.8, 4) is 0 Å². The van der Waals surface area contributed by atoms with Crippen molar-refractivity contribution in [3.63, 3.8) is 0 Å². The Kier molecular flexibility index (Phi) is 4.61. The topological polar surface area (TPSA) is 24.1 Å². The molecule has 1 unspecified atom stereocenters. The highest BCUT2D eigenvalue weighted by Crippen LogP contribution is 2.24. The quantitative estimate of drug-likeness (QED) is 0.868. The molecule has 0 aliphatic rings. The molecular weight excluding hydrogens is 252 g/mol. The molecule has 2 aromatic rings. The van der Waals surface area contributed by atoms with Gasteiger partial charge in [0.25, 0.3) is 0 Å². The summed E-state index contributed by atoms with van der Waals surface area (Å²) in [5.74, 6) is 0. The summed E-state index contributed by atoms with van der Waals surface area (Å²) in [7, 11) is 0. The Morgan fingerprint density at radius 2 is 1.95 bits per heavy atom. The Labute approximate surface area is 120 Å². The van der Waals surface area contributed by atoms with Crippen molar-refractivity contribution in [3.05, 3.63) is 35.2 Å². The zero-order chi connectivity index (χ0) is 13.9. The second kappa shape index (κ2) is 6.04. The maximum absolute atomic E-state index is 3.58. The number of fused-ring (bicyclic) bond motifs is 1. The molecule has 2 N–H and O–H groups in total. The molecule has 0 spiro atoms. The van der Waals surface area contributed by atoms with E-state index in [0.29, 0.717) is 6.04 Å². The van der Waals surface area contributed by atoms with Gasteiger partial charge in [-0.1, -0.05) is 18.2 Å². The summed E-state index contributed by atoms with van der Waals surface area (Å²) in [4.78, 5) is 1.41. The SMILES string of the molecule is CC(CNC(C)(C)C)NCc1cc2ccccc2s1. The summed E-state index contributed by atoms with van der Waals surface area (Å²) in [6, 6.07) is 11.3. The lowest BCUT2D eigenvalue weighted by molar-refractivity contribution is 0.388. The Balaban J connectivity index is 1.84. The standard InChI is InChI=1S/C16H24N2S/c1-12(10-18-16(2,3)4)17-11-14-9-13-7-5-6-8-15(13)19-14/h5-9,12,17-18H,10-11H2,1-4H3. The lowest BCUT2D eigenvalue weighted by Crippen LogP contribution is -2.44. The molecule has 19 heavy (non-hydrogen) atoms. The minimum atomic E-state index is 0.188. The lowest BCUT2D eigenvalue weighted by atomic mass is 10.1. The van der Waals surface area contributed by atoms with Crippen molar-refractivity contribution >= 4 is 21.4 Å². The average molecular weight is 276 g/mol. The molecule has 0 fully saturated rings. The van der Waals surface area contributed by atoms with Crippen molar-refractivity contribution in [2.24, 2.45) is 0 Å². The number of hydrogen-bond acceptors (Lipinski definition) is 3. The van der Waals surface area contributed by atoms with E-state index in [-0.39, 0.29) is 5.54 Å². The van der Waals surface area contributed by atoms with E-state index in [4.69, 9.17) is 0 Å². The van der Waals surface area contributed by atoms with Crippen LogP contribution in [0.4, 0.5) is 0 Å². The summed E-state index contributed by atoms with van der Waals surface area (Å²) >= 11 is 1.88. The van der Waals surface area contributed by atoms with Gasteiger partial charge in [-0.3, -0.25) is 0 Å². The monoisotopic (exact) mass is 276 g/mol. The Morgan fingerprint density at radius 1 is 1.21 bits per heavy atom. The average Bonchev–Trinajstić information content (AvgIpc) is 2.75. The van der Waals surface area contributed by atoms with Gasteiger partial charge < -0.3 is 10.6 Å². The first-order valence-electron chi connectivity index (χ1n) is 6.90. The van der Waals surface area contributed by atoms with Crippen molar-refractivity contribution in [2.75, 3.05) is 6.54 Å². The van der Waals surface area contributed by atoms with Crippen LogP contribution in [0.1, 0.15) is 32.6 Å².